The van der Waals surface area contributed by atoms with Gasteiger partial charge in [0.2, 0.25) is 0 Å². The van der Waals surface area contributed by atoms with Gasteiger partial charge in [0.05, 0.1) is 13.2 Å². The SMILES string of the molecule is CC1CCN(CCCN=C(N)Nc2ccc3c(c2)OCCCO3)CC1.I. The highest BCUT2D eigenvalue weighted by Gasteiger charge is 2.14. The molecule has 146 valence electrons. The fourth-order valence-corrected chi connectivity index (χ4v) is 3.21. The van der Waals surface area contributed by atoms with Crippen LogP contribution in [0.5, 0.6) is 11.5 Å². The summed E-state index contributed by atoms with van der Waals surface area (Å²) >= 11 is 0. The average molecular weight is 474 g/mol. The summed E-state index contributed by atoms with van der Waals surface area (Å²) in [4.78, 5) is 6.96. The molecule has 3 N–H and O–H groups in total. The van der Waals surface area contributed by atoms with Crippen molar-refractivity contribution in [2.24, 2.45) is 16.6 Å². The van der Waals surface area contributed by atoms with E-state index in [0.717, 1.165) is 49.0 Å². The van der Waals surface area contributed by atoms with Gasteiger partial charge in [0.15, 0.2) is 17.5 Å². The number of likely N-dealkylation sites (tertiary alicyclic amines) is 1. The second kappa shape index (κ2) is 10.8. The molecule has 0 radical (unpaired) electrons. The van der Waals surface area contributed by atoms with Crippen LogP contribution in [0.25, 0.3) is 0 Å². The van der Waals surface area contributed by atoms with Crippen molar-refractivity contribution in [2.75, 3.05) is 44.7 Å². The predicted molar refractivity (Wildman–Crippen MR) is 117 cm³/mol. The first-order valence-corrected chi connectivity index (χ1v) is 9.39. The minimum Gasteiger partial charge on any atom is -0.490 e. The molecule has 0 atom stereocenters. The van der Waals surface area contributed by atoms with Gasteiger partial charge in [-0.2, -0.15) is 0 Å². The number of anilines is 1. The Morgan fingerprint density at radius 1 is 1.23 bits per heavy atom. The maximum atomic E-state index is 6.00. The molecular weight excluding hydrogens is 443 g/mol. The molecule has 1 fully saturated rings. The summed E-state index contributed by atoms with van der Waals surface area (Å²) in [6.07, 6.45) is 4.57. The summed E-state index contributed by atoms with van der Waals surface area (Å²) < 4.78 is 11.3. The first kappa shape index (κ1) is 21.1. The van der Waals surface area contributed by atoms with Crippen LogP contribution in [-0.4, -0.2) is 50.3 Å². The Labute approximate surface area is 173 Å². The summed E-state index contributed by atoms with van der Waals surface area (Å²) in [6, 6.07) is 5.76. The average Bonchev–Trinajstić information content (AvgIpc) is 2.85. The molecular formula is C19H31IN4O2. The van der Waals surface area contributed by atoms with E-state index in [1.54, 1.807) is 0 Å². The molecule has 26 heavy (non-hydrogen) atoms. The van der Waals surface area contributed by atoms with Crippen LogP contribution in [-0.2, 0) is 0 Å². The summed E-state index contributed by atoms with van der Waals surface area (Å²) in [6.45, 7) is 8.00. The van der Waals surface area contributed by atoms with Crippen molar-refractivity contribution in [1.29, 1.82) is 0 Å². The molecule has 0 aromatic heterocycles. The lowest BCUT2D eigenvalue weighted by Gasteiger charge is -2.29. The van der Waals surface area contributed by atoms with E-state index in [2.05, 4.69) is 22.1 Å². The van der Waals surface area contributed by atoms with Crippen LogP contribution >= 0.6 is 24.0 Å². The van der Waals surface area contributed by atoms with Gasteiger partial charge in [-0.15, -0.1) is 24.0 Å². The van der Waals surface area contributed by atoms with E-state index < -0.39 is 0 Å². The lowest BCUT2D eigenvalue weighted by atomic mass is 9.99. The summed E-state index contributed by atoms with van der Waals surface area (Å²) in [5, 5.41) is 3.14. The molecule has 0 unspecified atom stereocenters. The Bertz CT molecular complexity index is 589. The molecule has 0 aliphatic carbocycles. The van der Waals surface area contributed by atoms with Gasteiger partial charge in [0.25, 0.3) is 0 Å². The van der Waals surface area contributed by atoms with Crippen LogP contribution in [0.1, 0.15) is 32.6 Å². The van der Waals surface area contributed by atoms with Crippen molar-refractivity contribution in [2.45, 2.75) is 32.6 Å². The van der Waals surface area contributed by atoms with E-state index >= 15 is 0 Å². The molecule has 0 saturated carbocycles. The third-order valence-corrected chi connectivity index (χ3v) is 4.81. The van der Waals surface area contributed by atoms with E-state index in [0.29, 0.717) is 19.2 Å². The van der Waals surface area contributed by atoms with E-state index in [-0.39, 0.29) is 24.0 Å². The van der Waals surface area contributed by atoms with Crippen molar-refractivity contribution >= 4 is 35.6 Å². The zero-order chi connectivity index (χ0) is 17.5. The van der Waals surface area contributed by atoms with Crippen LogP contribution in [0.3, 0.4) is 0 Å². The van der Waals surface area contributed by atoms with Gasteiger partial charge in [-0.3, -0.25) is 4.99 Å². The third kappa shape index (κ3) is 6.50. The molecule has 6 nitrogen and oxygen atoms in total. The van der Waals surface area contributed by atoms with Crippen molar-refractivity contribution in [3.63, 3.8) is 0 Å². The van der Waals surface area contributed by atoms with Gasteiger partial charge in [-0.25, -0.2) is 0 Å². The van der Waals surface area contributed by atoms with Crippen LogP contribution in [0.4, 0.5) is 5.69 Å². The molecule has 1 aromatic carbocycles. The fraction of sp³-hybridized carbons (Fsp3) is 0.632. The Balaban J connectivity index is 0.00000243. The molecule has 0 bridgehead atoms. The number of hydrogen-bond donors (Lipinski definition) is 2. The number of fused-ring (bicyclic) bond motifs is 1. The third-order valence-electron chi connectivity index (χ3n) is 4.81. The maximum absolute atomic E-state index is 6.00. The zero-order valence-corrected chi connectivity index (χ0v) is 17.9. The standard InChI is InChI=1S/C19H30N4O2.HI/c1-15-6-10-23(11-7-15)9-2-8-21-19(20)22-16-4-5-17-18(14-16)25-13-3-12-24-17;/h4-5,14-15H,2-3,6-13H2,1H3,(H3,20,21,22);1H. The minimum absolute atomic E-state index is 0. The molecule has 0 amide bonds. The van der Waals surface area contributed by atoms with Crippen LogP contribution < -0.4 is 20.5 Å². The number of rotatable bonds is 5. The highest BCUT2D eigenvalue weighted by atomic mass is 127. The van der Waals surface area contributed by atoms with E-state index in [9.17, 15) is 0 Å². The summed E-state index contributed by atoms with van der Waals surface area (Å²) in [5.41, 5.74) is 6.87. The van der Waals surface area contributed by atoms with Gasteiger partial charge in [-0.1, -0.05) is 6.92 Å². The molecule has 1 aromatic rings. The molecule has 3 rings (SSSR count). The quantitative estimate of drug-likeness (QED) is 0.297. The number of guanidine groups is 1. The smallest absolute Gasteiger partial charge is 0.193 e. The number of hydrogen-bond acceptors (Lipinski definition) is 4. The van der Waals surface area contributed by atoms with Crippen LogP contribution in [0.2, 0.25) is 0 Å². The van der Waals surface area contributed by atoms with E-state index in [4.69, 9.17) is 15.2 Å². The van der Waals surface area contributed by atoms with E-state index in [1.165, 1.54) is 25.9 Å². The van der Waals surface area contributed by atoms with Crippen molar-refractivity contribution in [3.05, 3.63) is 18.2 Å². The highest BCUT2D eigenvalue weighted by molar-refractivity contribution is 14.0. The summed E-state index contributed by atoms with van der Waals surface area (Å²) in [5.74, 6) is 2.87. The number of aliphatic imine (C=N–C) groups is 1. The first-order chi connectivity index (χ1) is 12.2. The number of nitrogens with one attached hydrogen (secondary N) is 1. The monoisotopic (exact) mass is 474 g/mol. The van der Waals surface area contributed by atoms with Crippen LogP contribution in [0, 0.1) is 5.92 Å². The van der Waals surface area contributed by atoms with E-state index in [1.807, 2.05) is 18.2 Å². The van der Waals surface area contributed by atoms with Gasteiger partial charge >= 0.3 is 0 Å². The van der Waals surface area contributed by atoms with Gasteiger partial charge in [0.1, 0.15) is 0 Å². The number of nitrogens with two attached hydrogens (primary N) is 1. The maximum Gasteiger partial charge on any atom is 0.193 e. The number of ether oxygens (including phenoxy) is 2. The zero-order valence-electron chi connectivity index (χ0n) is 15.6. The van der Waals surface area contributed by atoms with Crippen molar-refractivity contribution in [1.82, 2.24) is 4.90 Å². The fourth-order valence-electron chi connectivity index (χ4n) is 3.21. The molecule has 0 spiro atoms. The Morgan fingerprint density at radius 2 is 1.96 bits per heavy atom. The highest BCUT2D eigenvalue weighted by Crippen LogP contribution is 2.32. The predicted octanol–water partition coefficient (Wildman–Crippen LogP) is 3.31. The number of halogens is 1. The molecule has 2 aliphatic heterocycles. The van der Waals surface area contributed by atoms with Gasteiger partial charge in [0, 0.05) is 24.7 Å². The Kier molecular flexibility index (Phi) is 8.77. The topological polar surface area (TPSA) is 72.1 Å². The summed E-state index contributed by atoms with van der Waals surface area (Å²) in [7, 11) is 0. The largest absolute Gasteiger partial charge is 0.490 e. The molecule has 2 aliphatic rings. The number of nitrogens with zero attached hydrogens (tertiary/aromatic N) is 2. The van der Waals surface area contributed by atoms with Crippen molar-refractivity contribution < 1.29 is 9.47 Å². The van der Waals surface area contributed by atoms with Gasteiger partial charge in [-0.05, 0) is 56.9 Å². The second-order valence-electron chi connectivity index (χ2n) is 6.98. The van der Waals surface area contributed by atoms with Crippen molar-refractivity contribution in [3.8, 4) is 11.5 Å². The minimum atomic E-state index is 0. The molecule has 2 heterocycles. The second-order valence-corrected chi connectivity index (χ2v) is 6.98. The Morgan fingerprint density at radius 3 is 2.73 bits per heavy atom. The normalized spacial score (nSPS) is 18.7. The molecule has 7 heteroatoms. The number of benzene rings is 1. The Hall–Kier alpha value is -1.22. The lowest BCUT2D eigenvalue weighted by Crippen LogP contribution is -2.34. The van der Waals surface area contributed by atoms with Gasteiger partial charge < -0.3 is 25.4 Å². The number of piperidine rings is 1. The first-order valence-electron chi connectivity index (χ1n) is 9.39. The lowest BCUT2D eigenvalue weighted by molar-refractivity contribution is 0.192. The molecule has 1 saturated heterocycles. The van der Waals surface area contributed by atoms with Crippen LogP contribution in [0.15, 0.2) is 23.2 Å².